The van der Waals surface area contributed by atoms with Gasteiger partial charge in [-0.25, -0.2) is 0 Å². The van der Waals surface area contributed by atoms with Crippen molar-refractivity contribution in [1.29, 1.82) is 0 Å². The normalized spacial score (nSPS) is 9.43. The van der Waals surface area contributed by atoms with Gasteiger partial charge in [0.15, 0.2) is 0 Å². The first kappa shape index (κ1) is 13.6. The largest absolute Gasteiger partial charge is 1.00 e. The predicted molar refractivity (Wildman–Crippen MR) is 60.6 cm³/mol. The van der Waals surface area contributed by atoms with Gasteiger partial charge in [0.1, 0.15) is 0 Å². The molecule has 2 heteroatoms. The van der Waals surface area contributed by atoms with Crippen LogP contribution in [0, 0.1) is 0 Å². The minimum Gasteiger partial charge on any atom is -1.00 e. The fraction of sp³-hybridized carbons (Fsp3) is 0.500. The summed E-state index contributed by atoms with van der Waals surface area (Å²) in [6.07, 6.45) is 2.25. The van der Waals surface area contributed by atoms with E-state index in [4.69, 9.17) is 0 Å². The van der Waals surface area contributed by atoms with E-state index < -0.39 is 0 Å². The molecule has 0 amide bonds. The Balaban J connectivity index is 0. The van der Waals surface area contributed by atoms with Crippen molar-refractivity contribution in [1.82, 2.24) is 0 Å². The molecule has 0 saturated carbocycles. The van der Waals surface area contributed by atoms with E-state index >= 15 is 0 Å². The van der Waals surface area contributed by atoms with Crippen LogP contribution in [0.5, 0.6) is 0 Å². The summed E-state index contributed by atoms with van der Waals surface area (Å²) in [5.74, 6) is 0. The molecule has 0 unspecified atom stereocenters. The summed E-state index contributed by atoms with van der Waals surface area (Å²) in [6.45, 7) is 4.44. The van der Waals surface area contributed by atoms with Gasteiger partial charge < -0.3 is 6.33 Å². The standard InChI is InChI=1S/C12H19N.Li.H/c1-5-10-8-7-9-12(13(3)4)11(10)6-2;;/h7-9H,5-6H2,1-4H3;;/q;+1;-1. The van der Waals surface area contributed by atoms with Crippen LogP contribution in [-0.4, -0.2) is 14.1 Å². The number of hydrogen-bond donors (Lipinski definition) is 0. The van der Waals surface area contributed by atoms with Gasteiger partial charge in [0.2, 0.25) is 0 Å². The van der Waals surface area contributed by atoms with E-state index in [-0.39, 0.29) is 20.3 Å². The molecular weight excluding hydrogens is 165 g/mol. The molecule has 0 spiro atoms. The van der Waals surface area contributed by atoms with E-state index in [0.717, 1.165) is 12.8 Å². The van der Waals surface area contributed by atoms with Gasteiger partial charge in [-0.1, -0.05) is 26.0 Å². The van der Waals surface area contributed by atoms with Gasteiger partial charge in [-0.05, 0) is 30.0 Å². The second-order valence-corrected chi connectivity index (χ2v) is 3.52. The van der Waals surface area contributed by atoms with Gasteiger partial charge in [-0.3, -0.25) is 0 Å². The Morgan fingerprint density at radius 1 is 1.14 bits per heavy atom. The second kappa shape index (κ2) is 6.17. The van der Waals surface area contributed by atoms with Crippen LogP contribution >= 0.6 is 0 Å². The fourth-order valence-electron chi connectivity index (χ4n) is 1.78. The molecule has 1 aromatic rings. The topological polar surface area (TPSA) is 3.24 Å². The van der Waals surface area contributed by atoms with Crippen LogP contribution in [0.15, 0.2) is 18.2 Å². The van der Waals surface area contributed by atoms with Gasteiger partial charge in [-0.2, -0.15) is 0 Å². The summed E-state index contributed by atoms with van der Waals surface area (Å²) >= 11 is 0. The minimum atomic E-state index is 0. The molecule has 0 aliphatic heterocycles. The van der Waals surface area contributed by atoms with Gasteiger partial charge in [-0.15, -0.1) is 0 Å². The summed E-state index contributed by atoms with van der Waals surface area (Å²) in [6, 6.07) is 6.57. The van der Waals surface area contributed by atoms with E-state index in [0.29, 0.717) is 0 Å². The third kappa shape index (κ3) is 2.80. The van der Waals surface area contributed by atoms with E-state index in [9.17, 15) is 0 Å². The van der Waals surface area contributed by atoms with Crippen LogP contribution in [-0.2, 0) is 12.8 Å². The molecule has 0 aliphatic carbocycles. The van der Waals surface area contributed by atoms with E-state index in [1.807, 2.05) is 0 Å². The first-order chi connectivity index (χ1) is 6.20. The molecule has 0 N–H and O–H groups in total. The Kier molecular flexibility index (Phi) is 6.00. The molecule has 0 aromatic heterocycles. The Morgan fingerprint density at radius 2 is 1.79 bits per heavy atom. The third-order valence-corrected chi connectivity index (χ3v) is 2.46. The van der Waals surface area contributed by atoms with Gasteiger partial charge in [0.25, 0.3) is 0 Å². The summed E-state index contributed by atoms with van der Waals surface area (Å²) in [7, 11) is 4.21. The zero-order valence-corrected chi connectivity index (χ0v) is 10.1. The molecule has 0 radical (unpaired) electrons. The monoisotopic (exact) mass is 185 g/mol. The number of aryl methyl sites for hydroxylation is 1. The summed E-state index contributed by atoms with van der Waals surface area (Å²) < 4.78 is 0. The van der Waals surface area contributed by atoms with Crippen molar-refractivity contribution < 1.29 is 20.3 Å². The Labute approximate surface area is 101 Å². The molecule has 74 valence electrons. The first-order valence-corrected chi connectivity index (χ1v) is 4.98. The summed E-state index contributed by atoms with van der Waals surface area (Å²) in [5.41, 5.74) is 4.34. The van der Waals surface area contributed by atoms with Gasteiger partial charge >= 0.3 is 18.9 Å². The van der Waals surface area contributed by atoms with Crippen molar-refractivity contribution in [2.24, 2.45) is 0 Å². The molecule has 0 saturated heterocycles. The van der Waals surface area contributed by atoms with Crippen molar-refractivity contribution in [2.45, 2.75) is 26.7 Å². The molecule has 0 bridgehead atoms. The number of nitrogens with zero attached hydrogens (tertiary/aromatic N) is 1. The second-order valence-electron chi connectivity index (χ2n) is 3.52. The maximum absolute atomic E-state index is 2.23. The number of hydrogen-bond acceptors (Lipinski definition) is 1. The number of benzene rings is 1. The summed E-state index contributed by atoms with van der Waals surface area (Å²) in [4.78, 5) is 2.19. The van der Waals surface area contributed by atoms with Crippen LogP contribution in [0.2, 0.25) is 0 Å². The predicted octanol–water partition coefficient (Wildman–Crippen LogP) is -0.00610. The molecule has 1 aromatic carbocycles. The van der Waals surface area contributed by atoms with Crippen molar-refractivity contribution >= 4 is 5.69 Å². The molecule has 0 atom stereocenters. The molecule has 0 fully saturated rings. The molecule has 0 aliphatic rings. The van der Waals surface area contributed by atoms with Crippen LogP contribution in [0.4, 0.5) is 5.69 Å². The van der Waals surface area contributed by atoms with Crippen LogP contribution in [0.1, 0.15) is 26.4 Å². The van der Waals surface area contributed by atoms with Gasteiger partial charge in [0, 0.05) is 19.8 Å². The average Bonchev–Trinajstić information content (AvgIpc) is 2.16. The molecule has 0 heterocycles. The molecule has 14 heavy (non-hydrogen) atoms. The summed E-state index contributed by atoms with van der Waals surface area (Å²) in [5, 5.41) is 0. The fourth-order valence-corrected chi connectivity index (χ4v) is 1.78. The average molecular weight is 185 g/mol. The zero-order chi connectivity index (χ0) is 9.84. The molecule has 1 nitrogen and oxygen atoms in total. The smallest absolute Gasteiger partial charge is 1.00 e. The maximum Gasteiger partial charge on any atom is 1.00 e. The van der Waals surface area contributed by atoms with Crippen LogP contribution in [0.3, 0.4) is 0 Å². The van der Waals surface area contributed by atoms with E-state index in [2.05, 4.69) is 51.0 Å². The SMILES string of the molecule is CCc1cccc(N(C)C)c1CC.[H-].[Li+]. The van der Waals surface area contributed by atoms with E-state index in [1.54, 1.807) is 0 Å². The van der Waals surface area contributed by atoms with Crippen LogP contribution in [0.25, 0.3) is 0 Å². The van der Waals surface area contributed by atoms with Crippen molar-refractivity contribution in [2.75, 3.05) is 19.0 Å². The quantitative estimate of drug-likeness (QED) is 0.599. The Hall–Kier alpha value is -0.383. The van der Waals surface area contributed by atoms with E-state index in [1.165, 1.54) is 16.8 Å². The third-order valence-electron chi connectivity index (χ3n) is 2.46. The van der Waals surface area contributed by atoms with Crippen molar-refractivity contribution in [3.8, 4) is 0 Å². The number of rotatable bonds is 3. The molecule has 1 rings (SSSR count). The first-order valence-electron chi connectivity index (χ1n) is 4.98. The van der Waals surface area contributed by atoms with Gasteiger partial charge in [0.05, 0.1) is 0 Å². The maximum atomic E-state index is 2.23. The Morgan fingerprint density at radius 3 is 2.21 bits per heavy atom. The van der Waals surface area contributed by atoms with Crippen molar-refractivity contribution in [3.05, 3.63) is 29.3 Å². The Bertz CT molecular complexity index is 287. The number of anilines is 1. The van der Waals surface area contributed by atoms with Crippen LogP contribution < -0.4 is 23.8 Å². The molecular formula is C12H20LiN. The van der Waals surface area contributed by atoms with Crippen molar-refractivity contribution in [3.63, 3.8) is 0 Å². The minimum absolute atomic E-state index is 0. The zero-order valence-electron chi connectivity index (χ0n) is 11.1.